The molecule has 5 aromatic rings. The molecular weight excluding hydrogens is 606 g/mol. The fourth-order valence-corrected chi connectivity index (χ4v) is 6.22. The number of aryl methyl sites for hydroxylation is 2. The number of aromatic nitrogens is 4. The first-order valence-corrected chi connectivity index (χ1v) is 15.6. The Morgan fingerprint density at radius 3 is 2.30 bits per heavy atom. The van der Waals surface area contributed by atoms with Crippen LogP contribution in [0, 0.1) is 6.92 Å². The molecule has 6 rings (SSSR count). The van der Waals surface area contributed by atoms with Gasteiger partial charge in [-0.25, -0.2) is 18.7 Å². The van der Waals surface area contributed by atoms with Crippen LogP contribution in [0.15, 0.2) is 59.7 Å². The van der Waals surface area contributed by atoms with Crippen molar-refractivity contribution in [3.05, 3.63) is 76.1 Å². The smallest absolute Gasteiger partial charge is 0.275 e. The Kier molecular flexibility index (Phi) is 11.3. The van der Waals surface area contributed by atoms with Crippen LogP contribution in [-0.4, -0.2) is 86.8 Å². The van der Waals surface area contributed by atoms with Gasteiger partial charge in [0.1, 0.15) is 16.9 Å². The van der Waals surface area contributed by atoms with Crippen LogP contribution in [0.5, 0.6) is 0 Å². The fraction of sp³-hybridized carbons (Fsp3) is 0.406. The molecule has 1 aliphatic heterocycles. The molecule has 0 spiro atoms. The molecular formula is C32H39ClF2N6O2S. The van der Waals surface area contributed by atoms with Crippen LogP contribution in [0.3, 0.4) is 0 Å². The van der Waals surface area contributed by atoms with E-state index in [4.69, 9.17) is 21.7 Å². The highest BCUT2D eigenvalue weighted by Crippen LogP contribution is 2.32. The van der Waals surface area contributed by atoms with Crippen LogP contribution in [0.2, 0.25) is 5.02 Å². The van der Waals surface area contributed by atoms with Crippen molar-refractivity contribution in [2.45, 2.75) is 39.7 Å². The number of rotatable bonds is 6. The van der Waals surface area contributed by atoms with Gasteiger partial charge in [0, 0.05) is 49.7 Å². The molecule has 3 aromatic heterocycles. The van der Waals surface area contributed by atoms with Crippen molar-refractivity contribution in [3.63, 3.8) is 0 Å². The summed E-state index contributed by atoms with van der Waals surface area (Å²) in [7, 11) is 3.19. The highest BCUT2D eigenvalue weighted by Gasteiger charge is 2.16. The average Bonchev–Trinajstić information content (AvgIpc) is 3.56. The number of thiophene rings is 1. The van der Waals surface area contributed by atoms with E-state index in [0.717, 1.165) is 99.6 Å². The summed E-state index contributed by atoms with van der Waals surface area (Å²) in [6.07, 6.45) is 2.70. The van der Waals surface area contributed by atoms with Crippen molar-refractivity contribution in [1.29, 1.82) is 0 Å². The van der Waals surface area contributed by atoms with Gasteiger partial charge in [0.15, 0.2) is 0 Å². The van der Waals surface area contributed by atoms with E-state index >= 15 is 0 Å². The molecule has 0 bridgehead atoms. The molecule has 4 heterocycles. The summed E-state index contributed by atoms with van der Waals surface area (Å²) in [5, 5.41) is 7.69. The maximum absolute atomic E-state index is 13.4. The highest BCUT2D eigenvalue weighted by atomic mass is 35.5. The molecule has 1 N–H and O–H groups in total. The number of imidazole rings is 1. The zero-order chi connectivity index (χ0) is 32.0. The average molecular weight is 645 g/mol. The molecule has 2 aromatic carbocycles. The molecule has 236 valence electrons. The quantitative estimate of drug-likeness (QED) is 0.233. The Labute approximate surface area is 265 Å². The molecule has 0 unspecified atom stereocenters. The lowest BCUT2D eigenvalue weighted by Gasteiger charge is -2.32. The number of aliphatic hydroxyl groups excluding tert-OH is 1. The van der Waals surface area contributed by atoms with E-state index in [1.807, 2.05) is 42.5 Å². The maximum Gasteiger partial charge on any atom is 0.275 e. The van der Waals surface area contributed by atoms with Crippen molar-refractivity contribution in [2.24, 2.45) is 0 Å². The Balaban J connectivity index is 0.000000576. The minimum Gasteiger partial charge on any atom is -0.400 e. The molecule has 1 fully saturated rings. The van der Waals surface area contributed by atoms with E-state index < -0.39 is 5.92 Å². The van der Waals surface area contributed by atoms with Gasteiger partial charge in [0.05, 0.1) is 22.2 Å². The second-order valence-corrected chi connectivity index (χ2v) is 12.5. The predicted octanol–water partition coefficient (Wildman–Crippen LogP) is 6.33. The van der Waals surface area contributed by atoms with Crippen molar-refractivity contribution in [3.8, 4) is 16.1 Å². The number of aliphatic hydroxyl groups is 1. The van der Waals surface area contributed by atoms with Crippen molar-refractivity contribution in [2.75, 3.05) is 46.9 Å². The minimum atomic E-state index is -2.50. The topological polar surface area (TPSA) is 79.4 Å². The molecule has 0 amide bonds. The van der Waals surface area contributed by atoms with Crippen LogP contribution in [0.1, 0.15) is 26.1 Å². The summed E-state index contributed by atoms with van der Waals surface area (Å²) in [4.78, 5) is 28.8. The number of likely N-dealkylation sites (N-methyl/N-ethyl adjacent to an activating group) is 1. The first-order valence-electron chi connectivity index (χ1n) is 14.4. The van der Waals surface area contributed by atoms with Crippen molar-refractivity contribution in [1.82, 2.24) is 28.9 Å². The maximum atomic E-state index is 13.4. The van der Waals surface area contributed by atoms with Crippen LogP contribution in [0.25, 0.3) is 37.4 Å². The third kappa shape index (κ3) is 8.48. The summed E-state index contributed by atoms with van der Waals surface area (Å²) in [5.74, 6) is -1.50. The van der Waals surface area contributed by atoms with Gasteiger partial charge in [0.2, 0.25) is 5.92 Å². The molecule has 0 atom stereocenters. The first kappa shape index (κ1) is 33.7. The number of hydrogen-bond acceptors (Lipinski definition) is 7. The lowest BCUT2D eigenvalue weighted by Crippen LogP contribution is -2.44. The van der Waals surface area contributed by atoms with Crippen LogP contribution in [0.4, 0.5) is 8.78 Å². The molecule has 44 heavy (non-hydrogen) atoms. The lowest BCUT2D eigenvalue weighted by atomic mass is 10.2. The van der Waals surface area contributed by atoms with Gasteiger partial charge >= 0.3 is 0 Å². The summed E-state index contributed by atoms with van der Waals surface area (Å²) < 4.78 is 26.6. The molecule has 0 aliphatic carbocycles. The van der Waals surface area contributed by atoms with E-state index in [2.05, 4.69) is 39.4 Å². The van der Waals surface area contributed by atoms with Gasteiger partial charge < -0.3 is 19.5 Å². The summed E-state index contributed by atoms with van der Waals surface area (Å²) >= 11 is 7.49. The van der Waals surface area contributed by atoms with Crippen molar-refractivity contribution < 1.29 is 13.9 Å². The van der Waals surface area contributed by atoms with E-state index in [-0.39, 0.29) is 5.56 Å². The van der Waals surface area contributed by atoms with Gasteiger partial charge in [-0.3, -0.25) is 9.36 Å². The third-order valence-electron chi connectivity index (χ3n) is 7.22. The van der Waals surface area contributed by atoms with Gasteiger partial charge in [-0.05, 0) is 82.7 Å². The van der Waals surface area contributed by atoms with E-state index in [1.165, 1.54) is 11.3 Å². The van der Waals surface area contributed by atoms with Crippen LogP contribution >= 0.6 is 22.9 Å². The summed E-state index contributed by atoms with van der Waals surface area (Å²) in [6.45, 7) is 10.4. The first-order chi connectivity index (χ1) is 21.0. The number of benzene rings is 2. The van der Waals surface area contributed by atoms with Gasteiger partial charge in [0.25, 0.3) is 5.56 Å². The molecule has 0 saturated carbocycles. The second-order valence-electron chi connectivity index (χ2n) is 11.1. The lowest BCUT2D eigenvalue weighted by molar-refractivity contribution is 0.0437. The highest BCUT2D eigenvalue weighted by molar-refractivity contribution is 7.22. The van der Waals surface area contributed by atoms with E-state index in [0.29, 0.717) is 15.2 Å². The van der Waals surface area contributed by atoms with Crippen molar-refractivity contribution >= 4 is 44.2 Å². The van der Waals surface area contributed by atoms with Gasteiger partial charge in [-0.2, -0.15) is 0 Å². The van der Waals surface area contributed by atoms with Gasteiger partial charge in [-0.15, -0.1) is 11.3 Å². The zero-order valence-electron chi connectivity index (χ0n) is 25.7. The number of hydrogen-bond donors (Lipinski definition) is 1. The molecule has 12 heteroatoms. The fourth-order valence-electron chi connectivity index (χ4n) is 5.05. The van der Waals surface area contributed by atoms with E-state index in [9.17, 15) is 13.6 Å². The third-order valence-corrected chi connectivity index (χ3v) is 8.63. The number of piperazine rings is 1. The number of fused-ring (bicyclic) bond motifs is 2. The second kappa shape index (κ2) is 14.7. The standard InChI is InChI=1S/C28H29ClN6OS.C3H6F2.CH4O/c1-19-31-23-16-22(8-9-25(23)34(19)11-3-10-33-14-12-32(2)13-15-33)35-18-30-24-17-26(37-27(24)28(35)36)20-4-6-21(29)7-5-20;1-3(2,4)5;1-2/h4-9,16-18H,3,10-15H2,1-2H3;1-2H3;2H,1H3. The molecule has 1 saturated heterocycles. The van der Waals surface area contributed by atoms with E-state index in [1.54, 1.807) is 10.9 Å². The summed E-state index contributed by atoms with van der Waals surface area (Å²) in [5.41, 5.74) is 4.43. The number of halogens is 3. The van der Waals surface area contributed by atoms with Crippen LogP contribution in [-0.2, 0) is 6.54 Å². The Bertz CT molecular complexity index is 1730. The monoisotopic (exact) mass is 644 g/mol. The SMILES string of the molecule is CC(C)(F)F.CO.Cc1nc2cc(-n3cnc4cc(-c5ccc(Cl)cc5)sc4c3=O)ccc2n1CCCN1CCN(C)CC1. The Morgan fingerprint density at radius 2 is 1.64 bits per heavy atom. The number of alkyl halides is 2. The van der Waals surface area contributed by atoms with Gasteiger partial charge in [-0.1, -0.05) is 23.7 Å². The largest absolute Gasteiger partial charge is 0.400 e. The Morgan fingerprint density at radius 1 is 0.977 bits per heavy atom. The number of nitrogens with zero attached hydrogens (tertiary/aromatic N) is 6. The predicted molar refractivity (Wildman–Crippen MR) is 177 cm³/mol. The Hall–Kier alpha value is -3.22. The minimum absolute atomic E-state index is 0.0714. The zero-order valence-corrected chi connectivity index (χ0v) is 27.3. The van der Waals surface area contributed by atoms with Crippen LogP contribution < -0.4 is 5.56 Å². The molecule has 8 nitrogen and oxygen atoms in total. The summed E-state index contributed by atoms with van der Waals surface area (Å²) in [6, 6.07) is 15.7. The molecule has 0 radical (unpaired) electrons. The normalized spacial score (nSPS) is 14.3. The molecule has 1 aliphatic rings.